The highest BCUT2D eigenvalue weighted by atomic mass is 32.1. The highest BCUT2D eigenvalue weighted by Crippen LogP contribution is 2.11. The van der Waals surface area contributed by atoms with Gasteiger partial charge >= 0.3 is 0 Å². The Bertz CT molecular complexity index is 491. The van der Waals surface area contributed by atoms with Crippen molar-refractivity contribution < 1.29 is 0 Å². The van der Waals surface area contributed by atoms with E-state index in [1.54, 1.807) is 11.3 Å². The SMILES string of the molecule is CCc1nc(CNCc2ccccc2CC)cs1. The molecule has 2 nitrogen and oxygen atoms in total. The summed E-state index contributed by atoms with van der Waals surface area (Å²) in [5, 5.41) is 6.85. The van der Waals surface area contributed by atoms with E-state index >= 15 is 0 Å². The molecule has 1 heterocycles. The van der Waals surface area contributed by atoms with Crippen molar-refractivity contribution in [2.45, 2.75) is 39.8 Å². The van der Waals surface area contributed by atoms with Gasteiger partial charge in [-0.3, -0.25) is 0 Å². The van der Waals surface area contributed by atoms with Gasteiger partial charge in [0.15, 0.2) is 0 Å². The van der Waals surface area contributed by atoms with Crippen LogP contribution in [0.2, 0.25) is 0 Å². The van der Waals surface area contributed by atoms with Gasteiger partial charge in [0.05, 0.1) is 10.7 Å². The smallest absolute Gasteiger partial charge is 0.0926 e. The number of rotatable bonds is 6. The molecule has 0 saturated heterocycles. The first-order valence-corrected chi connectivity index (χ1v) is 7.42. The summed E-state index contributed by atoms with van der Waals surface area (Å²) < 4.78 is 0. The van der Waals surface area contributed by atoms with Gasteiger partial charge in [-0.2, -0.15) is 0 Å². The molecule has 0 fully saturated rings. The second kappa shape index (κ2) is 6.66. The van der Waals surface area contributed by atoms with Crippen molar-refractivity contribution in [2.75, 3.05) is 0 Å². The maximum absolute atomic E-state index is 4.56. The molecule has 1 aromatic heterocycles. The predicted molar refractivity (Wildman–Crippen MR) is 77.9 cm³/mol. The molecular formula is C15H20N2S. The normalized spacial score (nSPS) is 10.8. The van der Waals surface area contributed by atoms with Crippen molar-refractivity contribution in [1.29, 1.82) is 0 Å². The Morgan fingerprint density at radius 1 is 1.06 bits per heavy atom. The summed E-state index contributed by atoms with van der Waals surface area (Å²) in [7, 11) is 0. The van der Waals surface area contributed by atoms with Gasteiger partial charge in [-0.05, 0) is 24.0 Å². The number of nitrogens with zero attached hydrogens (tertiary/aromatic N) is 1. The van der Waals surface area contributed by atoms with Crippen molar-refractivity contribution in [3.05, 3.63) is 51.5 Å². The van der Waals surface area contributed by atoms with Crippen LogP contribution in [-0.4, -0.2) is 4.98 Å². The average molecular weight is 260 g/mol. The summed E-state index contributed by atoms with van der Waals surface area (Å²) in [6, 6.07) is 8.61. The number of hydrogen-bond acceptors (Lipinski definition) is 3. The third-order valence-corrected chi connectivity index (χ3v) is 4.06. The summed E-state index contributed by atoms with van der Waals surface area (Å²) in [5.41, 5.74) is 3.98. The van der Waals surface area contributed by atoms with Crippen LogP contribution in [-0.2, 0) is 25.9 Å². The van der Waals surface area contributed by atoms with E-state index in [4.69, 9.17) is 0 Å². The van der Waals surface area contributed by atoms with Gasteiger partial charge in [0.2, 0.25) is 0 Å². The van der Waals surface area contributed by atoms with Gasteiger partial charge in [0.1, 0.15) is 0 Å². The van der Waals surface area contributed by atoms with E-state index in [2.05, 4.69) is 53.8 Å². The lowest BCUT2D eigenvalue weighted by atomic mass is 10.1. The van der Waals surface area contributed by atoms with Crippen LogP contribution in [0.5, 0.6) is 0 Å². The van der Waals surface area contributed by atoms with E-state index in [-0.39, 0.29) is 0 Å². The first kappa shape index (κ1) is 13.2. The van der Waals surface area contributed by atoms with E-state index in [1.807, 2.05) is 0 Å². The lowest BCUT2D eigenvalue weighted by Gasteiger charge is -2.08. The highest BCUT2D eigenvalue weighted by Gasteiger charge is 2.02. The van der Waals surface area contributed by atoms with Crippen LogP contribution in [0.4, 0.5) is 0 Å². The molecule has 0 saturated carbocycles. The van der Waals surface area contributed by atoms with Crippen molar-refractivity contribution in [2.24, 2.45) is 0 Å². The fourth-order valence-corrected chi connectivity index (χ4v) is 2.74. The van der Waals surface area contributed by atoms with Crippen LogP contribution >= 0.6 is 11.3 Å². The third kappa shape index (κ3) is 3.40. The molecule has 18 heavy (non-hydrogen) atoms. The zero-order valence-corrected chi connectivity index (χ0v) is 11.9. The topological polar surface area (TPSA) is 24.9 Å². The van der Waals surface area contributed by atoms with Crippen molar-refractivity contribution in [3.8, 4) is 0 Å². The highest BCUT2D eigenvalue weighted by molar-refractivity contribution is 7.09. The van der Waals surface area contributed by atoms with Crippen molar-refractivity contribution >= 4 is 11.3 Å². The molecule has 1 aromatic carbocycles. The number of thiazole rings is 1. The zero-order chi connectivity index (χ0) is 12.8. The minimum Gasteiger partial charge on any atom is -0.307 e. The molecule has 0 aliphatic rings. The summed E-state index contributed by atoms with van der Waals surface area (Å²) >= 11 is 1.75. The largest absolute Gasteiger partial charge is 0.307 e. The number of aryl methyl sites for hydroxylation is 2. The molecule has 0 amide bonds. The molecule has 96 valence electrons. The quantitative estimate of drug-likeness (QED) is 0.859. The van der Waals surface area contributed by atoms with E-state index < -0.39 is 0 Å². The third-order valence-electron chi connectivity index (χ3n) is 3.02. The first-order chi connectivity index (χ1) is 8.83. The molecule has 0 aliphatic heterocycles. The average Bonchev–Trinajstić information content (AvgIpc) is 2.87. The van der Waals surface area contributed by atoms with Gasteiger partial charge in [-0.1, -0.05) is 38.1 Å². The molecule has 0 aliphatic carbocycles. The maximum Gasteiger partial charge on any atom is 0.0926 e. The van der Waals surface area contributed by atoms with Crippen LogP contribution in [0.3, 0.4) is 0 Å². The lowest BCUT2D eigenvalue weighted by molar-refractivity contribution is 0.676. The number of nitrogens with one attached hydrogen (secondary N) is 1. The molecule has 0 bridgehead atoms. The fourth-order valence-electron chi connectivity index (χ4n) is 1.99. The van der Waals surface area contributed by atoms with E-state index in [0.29, 0.717) is 0 Å². The Morgan fingerprint density at radius 2 is 1.83 bits per heavy atom. The predicted octanol–water partition coefficient (Wildman–Crippen LogP) is 3.56. The second-order valence-electron chi connectivity index (χ2n) is 4.31. The van der Waals surface area contributed by atoms with Crippen LogP contribution in [0.15, 0.2) is 29.6 Å². The molecule has 2 aromatic rings. The fraction of sp³-hybridized carbons (Fsp3) is 0.400. The van der Waals surface area contributed by atoms with Crippen LogP contribution < -0.4 is 5.32 Å². The minimum absolute atomic E-state index is 0.856. The van der Waals surface area contributed by atoms with Gasteiger partial charge in [0, 0.05) is 18.5 Å². The minimum atomic E-state index is 0.856. The number of aromatic nitrogens is 1. The first-order valence-electron chi connectivity index (χ1n) is 6.54. The Morgan fingerprint density at radius 3 is 2.50 bits per heavy atom. The van der Waals surface area contributed by atoms with E-state index in [1.165, 1.54) is 16.1 Å². The van der Waals surface area contributed by atoms with Crippen LogP contribution in [0.25, 0.3) is 0 Å². The lowest BCUT2D eigenvalue weighted by Crippen LogP contribution is -2.14. The molecule has 0 atom stereocenters. The number of benzene rings is 1. The van der Waals surface area contributed by atoms with Crippen molar-refractivity contribution in [1.82, 2.24) is 10.3 Å². The Labute approximate surface area is 113 Å². The second-order valence-corrected chi connectivity index (χ2v) is 5.25. The Kier molecular flexibility index (Phi) is 4.90. The van der Waals surface area contributed by atoms with Crippen LogP contribution in [0.1, 0.15) is 35.7 Å². The van der Waals surface area contributed by atoms with E-state index in [9.17, 15) is 0 Å². The summed E-state index contributed by atoms with van der Waals surface area (Å²) in [5.74, 6) is 0. The molecule has 2 rings (SSSR count). The maximum atomic E-state index is 4.56. The number of hydrogen-bond donors (Lipinski definition) is 1. The zero-order valence-electron chi connectivity index (χ0n) is 11.1. The molecule has 3 heteroatoms. The molecule has 1 N–H and O–H groups in total. The summed E-state index contributed by atoms with van der Waals surface area (Å²) in [6.07, 6.45) is 2.12. The standard InChI is InChI=1S/C15H20N2S/c1-3-12-7-5-6-8-13(12)9-16-10-14-11-18-15(4-2)17-14/h5-8,11,16H,3-4,9-10H2,1-2H3. The van der Waals surface area contributed by atoms with Gasteiger partial charge in [0.25, 0.3) is 0 Å². The van der Waals surface area contributed by atoms with E-state index in [0.717, 1.165) is 31.6 Å². The van der Waals surface area contributed by atoms with Gasteiger partial charge in [-0.25, -0.2) is 4.98 Å². The Balaban J connectivity index is 1.88. The molecule has 0 spiro atoms. The van der Waals surface area contributed by atoms with Crippen molar-refractivity contribution in [3.63, 3.8) is 0 Å². The summed E-state index contributed by atoms with van der Waals surface area (Å²) in [6.45, 7) is 6.12. The summed E-state index contributed by atoms with van der Waals surface area (Å²) in [4.78, 5) is 4.56. The molecule has 0 unspecified atom stereocenters. The monoisotopic (exact) mass is 260 g/mol. The van der Waals surface area contributed by atoms with Crippen LogP contribution in [0, 0.1) is 0 Å². The Hall–Kier alpha value is -1.19. The van der Waals surface area contributed by atoms with Gasteiger partial charge in [-0.15, -0.1) is 11.3 Å². The van der Waals surface area contributed by atoms with Gasteiger partial charge < -0.3 is 5.32 Å². The molecular weight excluding hydrogens is 240 g/mol. The molecule has 0 radical (unpaired) electrons.